The maximum atomic E-state index is 11.8. The molecule has 0 bridgehead atoms. The standard InChI is InChI=1S/C12H14N4O2S/c1-12(7-13,8-2-3-8)16-10(18)6-19-11-14-5-4-9(17)15-11/h4-5,8H,2-3,6H2,1H3,(H,16,18)(H,14,15,17)/t12-/m0/s1. The molecule has 0 aromatic carbocycles. The third-order valence-corrected chi connectivity index (χ3v) is 3.90. The quantitative estimate of drug-likeness (QED) is 0.609. The van der Waals surface area contributed by atoms with Crippen molar-refractivity contribution in [3.63, 3.8) is 0 Å². The van der Waals surface area contributed by atoms with Crippen LogP contribution in [-0.4, -0.2) is 27.2 Å². The van der Waals surface area contributed by atoms with E-state index < -0.39 is 5.54 Å². The molecule has 2 rings (SSSR count). The first-order valence-corrected chi connectivity index (χ1v) is 6.92. The molecule has 1 aromatic heterocycles. The van der Waals surface area contributed by atoms with E-state index in [1.165, 1.54) is 12.3 Å². The van der Waals surface area contributed by atoms with Crippen LogP contribution in [0.1, 0.15) is 19.8 Å². The molecule has 100 valence electrons. The monoisotopic (exact) mass is 278 g/mol. The van der Waals surface area contributed by atoms with Crippen LogP contribution in [0.4, 0.5) is 0 Å². The predicted octanol–water partition coefficient (Wildman–Crippen LogP) is 0.670. The Labute approximate surface area is 114 Å². The zero-order valence-electron chi connectivity index (χ0n) is 10.5. The van der Waals surface area contributed by atoms with E-state index in [0.29, 0.717) is 5.16 Å². The van der Waals surface area contributed by atoms with Crippen molar-refractivity contribution < 1.29 is 4.79 Å². The van der Waals surface area contributed by atoms with E-state index in [1.54, 1.807) is 6.92 Å². The Kier molecular flexibility index (Phi) is 3.90. The average molecular weight is 278 g/mol. The van der Waals surface area contributed by atoms with Gasteiger partial charge in [-0.3, -0.25) is 9.59 Å². The van der Waals surface area contributed by atoms with Crippen molar-refractivity contribution in [1.82, 2.24) is 15.3 Å². The molecular weight excluding hydrogens is 264 g/mol. The van der Waals surface area contributed by atoms with Crippen LogP contribution in [0.2, 0.25) is 0 Å². The molecule has 0 spiro atoms. The Morgan fingerprint density at radius 1 is 1.74 bits per heavy atom. The molecule has 1 aliphatic carbocycles. The minimum atomic E-state index is -0.783. The van der Waals surface area contributed by atoms with Crippen molar-refractivity contribution in [2.75, 3.05) is 5.75 Å². The summed E-state index contributed by atoms with van der Waals surface area (Å²) in [7, 11) is 0. The van der Waals surface area contributed by atoms with Gasteiger partial charge in [0.25, 0.3) is 5.56 Å². The maximum absolute atomic E-state index is 11.8. The van der Waals surface area contributed by atoms with E-state index in [-0.39, 0.29) is 23.1 Å². The van der Waals surface area contributed by atoms with Crippen molar-refractivity contribution in [2.45, 2.75) is 30.5 Å². The van der Waals surface area contributed by atoms with Crippen LogP contribution in [0.5, 0.6) is 0 Å². The number of H-pyrrole nitrogens is 1. The minimum absolute atomic E-state index is 0.122. The molecule has 19 heavy (non-hydrogen) atoms. The van der Waals surface area contributed by atoms with Gasteiger partial charge in [-0.2, -0.15) is 5.26 Å². The van der Waals surface area contributed by atoms with Crippen LogP contribution in [0.15, 0.2) is 22.2 Å². The Hall–Kier alpha value is -1.81. The molecular formula is C12H14N4O2S. The lowest BCUT2D eigenvalue weighted by atomic mass is 9.98. The summed E-state index contributed by atoms with van der Waals surface area (Å²) in [6.45, 7) is 1.75. The third-order valence-electron chi connectivity index (χ3n) is 3.01. The second-order valence-electron chi connectivity index (χ2n) is 4.66. The topological polar surface area (TPSA) is 98.6 Å². The van der Waals surface area contributed by atoms with Gasteiger partial charge in [-0.1, -0.05) is 11.8 Å². The van der Waals surface area contributed by atoms with Crippen LogP contribution in [0.25, 0.3) is 0 Å². The van der Waals surface area contributed by atoms with E-state index in [4.69, 9.17) is 5.26 Å². The van der Waals surface area contributed by atoms with Gasteiger partial charge in [-0.15, -0.1) is 0 Å². The van der Waals surface area contributed by atoms with Gasteiger partial charge in [0.05, 0.1) is 11.8 Å². The van der Waals surface area contributed by atoms with Gasteiger partial charge in [-0.25, -0.2) is 4.98 Å². The van der Waals surface area contributed by atoms with Crippen molar-refractivity contribution in [2.24, 2.45) is 5.92 Å². The molecule has 2 N–H and O–H groups in total. The highest BCUT2D eigenvalue weighted by atomic mass is 32.2. The normalized spacial score (nSPS) is 17.3. The number of aromatic amines is 1. The lowest BCUT2D eigenvalue weighted by molar-refractivity contribution is -0.119. The van der Waals surface area contributed by atoms with Crippen LogP contribution in [-0.2, 0) is 4.79 Å². The van der Waals surface area contributed by atoms with Gasteiger partial charge in [0, 0.05) is 12.3 Å². The first-order chi connectivity index (χ1) is 9.03. The highest BCUT2D eigenvalue weighted by molar-refractivity contribution is 7.99. The van der Waals surface area contributed by atoms with Crippen molar-refractivity contribution in [1.29, 1.82) is 5.26 Å². The summed E-state index contributed by atoms with van der Waals surface area (Å²) >= 11 is 1.14. The van der Waals surface area contributed by atoms with Crippen LogP contribution in [0, 0.1) is 17.2 Å². The Morgan fingerprint density at radius 3 is 3.05 bits per heavy atom. The molecule has 7 heteroatoms. The number of hydrogen-bond donors (Lipinski definition) is 2. The summed E-state index contributed by atoms with van der Waals surface area (Å²) in [5.41, 5.74) is -1.03. The first-order valence-electron chi connectivity index (χ1n) is 5.94. The molecule has 0 unspecified atom stereocenters. The molecule has 0 radical (unpaired) electrons. The fourth-order valence-electron chi connectivity index (χ4n) is 1.77. The van der Waals surface area contributed by atoms with Crippen LogP contribution >= 0.6 is 11.8 Å². The molecule has 1 atom stereocenters. The fraction of sp³-hybridized carbons (Fsp3) is 0.500. The number of rotatable bonds is 5. The molecule has 0 saturated heterocycles. The van der Waals surface area contributed by atoms with E-state index in [2.05, 4.69) is 21.4 Å². The highest BCUT2D eigenvalue weighted by Gasteiger charge is 2.42. The maximum Gasteiger partial charge on any atom is 0.251 e. The summed E-state index contributed by atoms with van der Waals surface area (Å²) in [4.78, 5) is 29.3. The molecule has 0 aliphatic heterocycles. The Bertz CT molecular complexity index is 576. The van der Waals surface area contributed by atoms with Gasteiger partial charge in [0.15, 0.2) is 5.16 Å². The van der Waals surface area contributed by atoms with E-state index >= 15 is 0 Å². The first kappa shape index (κ1) is 13.6. The molecule has 6 nitrogen and oxygen atoms in total. The van der Waals surface area contributed by atoms with Gasteiger partial charge < -0.3 is 10.3 Å². The summed E-state index contributed by atoms with van der Waals surface area (Å²) in [6, 6.07) is 3.47. The largest absolute Gasteiger partial charge is 0.337 e. The van der Waals surface area contributed by atoms with Gasteiger partial charge in [0.1, 0.15) is 5.54 Å². The number of carbonyl (C=O) groups excluding carboxylic acids is 1. The average Bonchev–Trinajstić information content (AvgIpc) is 3.21. The van der Waals surface area contributed by atoms with E-state index in [0.717, 1.165) is 24.6 Å². The minimum Gasteiger partial charge on any atom is -0.337 e. The predicted molar refractivity (Wildman–Crippen MR) is 70.5 cm³/mol. The Morgan fingerprint density at radius 2 is 2.47 bits per heavy atom. The van der Waals surface area contributed by atoms with Crippen LogP contribution < -0.4 is 10.9 Å². The lowest BCUT2D eigenvalue weighted by Crippen LogP contribution is -2.47. The molecule has 1 aliphatic rings. The number of nitrogens with one attached hydrogen (secondary N) is 2. The number of amides is 1. The number of nitriles is 1. The number of thioether (sulfide) groups is 1. The molecule has 1 amide bonds. The zero-order valence-corrected chi connectivity index (χ0v) is 11.3. The van der Waals surface area contributed by atoms with Crippen LogP contribution in [0.3, 0.4) is 0 Å². The van der Waals surface area contributed by atoms with Crippen molar-refractivity contribution in [3.8, 4) is 6.07 Å². The Balaban J connectivity index is 1.88. The third kappa shape index (κ3) is 3.58. The van der Waals surface area contributed by atoms with Gasteiger partial charge in [-0.05, 0) is 25.7 Å². The lowest BCUT2D eigenvalue weighted by Gasteiger charge is -2.22. The fourth-order valence-corrected chi connectivity index (χ4v) is 2.42. The summed E-state index contributed by atoms with van der Waals surface area (Å²) in [5, 5.41) is 12.3. The highest BCUT2D eigenvalue weighted by Crippen LogP contribution is 2.39. The van der Waals surface area contributed by atoms with E-state index in [1.807, 2.05) is 0 Å². The molecule has 1 heterocycles. The number of carbonyl (C=O) groups is 1. The smallest absolute Gasteiger partial charge is 0.251 e. The van der Waals surface area contributed by atoms with E-state index in [9.17, 15) is 9.59 Å². The van der Waals surface area contributed by atoms with Crippen molar-refractivity contribution >= 4 is 17.7 Å². The molecule has 1 saturated carbocycles. The number of hydrogen-bond acceptors (Lipinski definition) is 5. The molecule has 1 fully saturated rings. The summed E-state index contributed by atoms with van der Waals surface area (Å²) in [6.07, 6.45) is 3.35. The number of aromatic nitrogens is 2. The number of nitrogens with zero attached hydrogens (tertiary/aromatic N) is 2. The summed E-state index contributed by atoms with van der Waals surface area (Å²) < 4.78 is 0. The summed E-state index contributed by atoms with van der Waals surface area (Å²) in [5.74, 6) is 0.144. The van der Waals surface area contributed by atoms with Crippen molar-refractivity contribution in [3.05, 3.63) is 22.6 Å². The SMILES string of the molecule is C[C@@](C#N)(NC(=O)CSc1nccc(=O)[nH]1)C1CC1. The van der Waals surface area contributed by atoms with Gasteiger partial charge >= 0.3 is 0 Å². The second-order valence-corrected chi connectivity index (χ2v) is 5.63. The van der Waals surface area contributed by atoms with Gasteiger partial charge in [0.2, 0.25) is 5.91 Å². The second kappa shape index (κ2) is 5.45. The molecule has 1 aromatic rings. The zero-order chi connectivity index (χ0) is 13.9.